The first kappa shape index (κ1) is 13.1. The van der Waals surface area contributed by atoms with Crippen LogP contribution in [0, 0.1) is 0 Å². The van der Waals surface area contributed by atoms with Gasteiger partial charge in [0.05, 0.1) is 6.04 Å². The minimum atomic E-state index is -0.792. The first-order valence-electron chi connectivity index (χ1n) is 7.91. The molecule has 2 aromatic rings. The number of aliphatic hydroxyl groups is 1. The fourth-order valence-electron chi connectivity index (χ4n) is 4.03. The van der Waals surface area contributed by atoms with E-state index >= 15 is 0 Å². The predicted octanol–water partition coefficient (Wildman–Crippen LogP) is 3.45. The zero-order chi connectivity index (χ0) is 14.3. The van der Waals surface area contributed by atoms with Gasteiger partial charge in [-0.3, -0.25) is 0 Å². The van der Waals surface area contributed by atoms with E-state index in [-0.39, 0.29) is 6.04 Å². The van der Waals surface area contributed by atoms with Crippen molar-refractivity contribution in [2.45, 2.75) is 43.9 Å². The molecule has 2 heteroatoms. The summed E-state index contributed by atoms with van der Waals surface area (Å²) in [5.41, 5.74) is 4.22. The van der Waals surface area contributed by atoms with Crippen molar-refractivity contribution < 1.29 is 5.11 Å². The van der Waals surface area contributed by atoms with Crippen LogP contribution in [0.1, 0.15) is 47.6 Å². The fourth-order valence-corrected chi connectivity index (χ4v) is 4.03. The van der Waals surface area contributed by atoms with Crippen LogP contribution in [0.5, 0.6) is 0 Å². The van der Waals surface area contributed by atoms with E-state index < -0.39 is 5.60 Å². The van der Waals surface area contributed by atoms with Gasteiger partial charge >= 0.3 is 0 Å². The van der Waals surface area contributed by atoms with E-state index in [0.29, 0.717) is 0 Å². The molecule has 0 saturated heterocycles. The lowest BCUT2D eigenvalue weighted by Gasteiger charge is -2.35. The highest BCUT2D eigenvalue weighted by Gasteiger charge is 2.43. The number of fused-ring (bicyclic) bond motifs is 2. The Bertz CT molecular complexity index is 666. The first-order valence-corrected chi connectivity index (χ1v) is 7.91. The molecule has 0 radical (unpaired) electrons. The third-order valence-electron chi connectivity index (χ3n) is 5.08. The maximum absolute atomic E-state index is 11.6. The van der Waals surface area contributed by atoms with Crippen LogP contribution in [0.3, 0.4) is 0 Å². The van der Waals surface area contributed by atoms with Gasteiger partial charge in [0.2, 0.25) is 0 Å². The standard InChI is InChI=1S/C19H21NO/c21-19(18-16-10-3-1-9-15(16)13-20-18)12-6-5-8-14-7-2-4-11-17(14)19/h1-4,7,9-11,18,20-21H,5-6,8,12-13H2. The topological polar surface area (TPSA) is 32.3 Å². The van der Waals surface area contributed by atoms with Crippen molar-refractivity contribution in [3.63, 3.8) is 0 Å². The molecule has 2 unspecified atom stereocenters. The number of hydrogen-bond donors (Lipinski definition) is 2. The van der Waals surface area contributed by atoms with Gasteiger partial charge < -0.3 is 10.4 Å². The van der Waals surface area contributed by atoms with Gasteiger partial charge in [-0.15, -0.1) is 0 Å². The molecule has 21 heavy (non-hydrogen) atoms. The highest BCUT2D eigenvalue weighted by molar-refractivity contribution is 5.42. The Morgan fingerprint density at radius 3 is 2.62 bits per heavy atom. The largest absolute Gasteiger partial charge is 0.383 e. The van der Waals surface area contributed by atoms with Crippen molar-refractivity contribution in [3.8, 4) is 0 Å². The molecule has 0 amide bonds. The normalized spacial score (nSPS) is 27.8. The van der Waals surface area contributed by atoms with Crippen LogP contribution in [-0.4, -0.2) is 5.11 Å². The minimum absolute atomic E-state index is 0.00736. The zero-order valence-corrected chi connectivity index (χ0v) is 12.2. The lowest BCUT2D eigenvalue weighted by atomic mass is 9.79. The van der Waals surface area contributed by atoms with Crippen LogP contribution in [0.25, 0.3) is 0 Å². The van der Waals surface area contributed by atoms with Gasteiger partial charge in [0.25, 0.3) is 0 Å². The summed E-state index contributed by atoms with van der Waals surface area (Å²) in [6.07, 6.45) is 4.14. The summed E-state index contributed by atoms with van der Waals surface area (Å²) in [7, 11) is 0. The number of rotatable bonds is 1. The molecular weight excluding hydrogens is 258 g/mol. The number of hydrogen-bond acceptors (Lipinski definition) is 2. The summed E-state index contributed by atoms with van der Waals surface area (Å²) in [6.45, 7) is 0.852. The van der Waals surface area contributed by atoms with Crippen molar-refractivity contribution in [3.05, 3.63) is 70.8 Å². The van der Waals surface area contributed by atoms with Crippen LogP contribution in [-0.2, 0) is 18.6 Å². The average molecular weight is 279 g/mol. The molecule has 2 atom stereocenters. The molecule has 0 saturated carbocycles. The number of benzene rings is 2. The van der Waals surface area contributed by atoms with Gasteiger partial charge in [-0.05, 0) is 47.9 Å². The van der Waals surface area contributed by atoms with E-state index in [1.54, 1.807) is 0 Å². The highest BCUT2D eigenvalue weighted by atomic mass is 16.3. The molecule has 108 valence electrons. The molecule has 0 spiro atoms. The lowest BCUT2D eigenvalue weighted by Crippen LogP contribution is -2.38. The Kier molecular flexibility index (Phi) is 3.09. The van der Waals surface area contributed by atoms with Crippen molar-refractivity contribution in [2.75, 3.05) is 0 Å². The first-order chi connectivity index (χ1) is 10.3. The second-order valence-electron chi connectivity index (χ2n) is 6.30. The molecule has 1 heterocycles. The molecule has 1 aliphatic carbocycles. The van der Waals surface area contributed by atoms with Crippen LogP contribution in [0.2, 0.25) is 0 Å². The molecule has 1 aliphatic heterocycles. The zero-order valence-electron chi connectivity index (χ0n) is 12.2. The van der Waals surface area contributed by atoms with Crippen LogP contribution in [0.4, 0.5) is 0 Å². The summed E-state index contributed by atoms with van der Waals surface area (Å²) in [4.78, 5) is 0. The molecule has 2 nitrogen and oxygen atoms in total. The summed E-state index contributed by atoms with van der Waals surface area (Å²) in [6, 6.07) is 16.9. The van der Waals surface area contributed by atoms with Crippen LogP contribution in [0.15, 0.2) is 48.5 Å². The Morgan fingerprint density at radius 1 is 0.952 bits per heavy atom. The Hall–Kier alpha value is -1.64. The molecular formula is C19H21NO. The van der Waals surface area contributed by atoms with E-state index in [9.17, 15) is 5.11 Å². The second-order valence-corrected chi connectivity index (χ2v) is 6.30. The van der Waals surface area contributed by atoms with E-state index in [1.165, 1.54) is 16.7 Å². The van der Waals surface area contributed by atoms with Gasteiger partial charge in [-0.25, -0.2) is 0 Å². The van der Waals surface area contributed by atoms with Crippen molar-refractivity contribution in [1.82, 2.24) is 5.32 Å². The third kappa shape index (κ3) is 2.02. The fraction of sp³-hybridized carbons (Fsp3) is 0.368. The van der Waals surface area contributed by atoms with Gasteiger partial charge in [0.1, 0.15) is 5.60 Å². The van der Waals surface area contributed by atoms with E-state index in [4.69, 9.17) is 0 Å². The monoisotopic (exact) mass is 279 g/mol. The Labute approximate surface area is 125 Å². The van der Waals surface area contributed by atoms with E-state index in [0.717, 1.165) is 37.8 Å². The maximum Gasteiger partial charge on any atom is 0.109 e. The van der Waals surface area contributed by atoms with E-state index in [2.05, 4.69) is 53.8 Å². The average Bonchev–Trinajstić information content (AvgIpc) is 2.89. The predicted molar refractivity (Wildman–Crippen MR) is 83.9 cm³/mol. The molecule has 0 fully saturated rings. The molecule has 2 aliphatic rings. The third-order valence-corrected chi connectivity index (χ3v) is 5.08. The van der Waals surface area contributed by atoms with Crippen LogP contribution < -0.4 is 5.32 Å². The summed E-state index contributed by atoms with van der Waals surface area (Å²) in [5.74, 6) is 0. The summed E-state index contributed by atoms with van der Waals surface area (Å²) >= 11 is 0. The number of aryl methyl sites for hydroxylation is 1. The highest BCUT2D eigenvalue weighted by Crippen LogP contribution is 2.45. The molecule has 2 aromatic carbocycles. The van der Waals surface area contributed by atoms with Crippen LogP contribution >= 0.6 is 0 Å². The van der Waals surface area contributed by atoms with Gasteiger partial charge in [-0.1, -0.05) is 48.5 Å². The lowest BCUT2D eigenvalue weighted by molar-refractivity contribution is -0.0101. The molecule has 4 rings (SSSR count). The molecule has 0 aromatic heterocycles. The Morgan fingerprint density at radius 2 is 1.71 bits per heavy atom. The maximum atomic E-state index is 11.6. The van der Waals surface area contributed by atoms with Gasteiger partial charge in [0.15, 0.2) is 0 Å². The smallest absolute Gasteiger partial charge is 0.109 e. The second kappa shape index (κ2) is 4.97. The van der Waals surface area contributed by atoms with Crippen molar-refractivity contribution >= 4 is 0 Å². The Balaban J connectivity index is 1.84. The van der Waals surface area contributed by atoms with Crippen molar-refractivity contribution in [1.29, 1.82) is 0 Å². The van der Waals surface area contributed by atoms with Crippen molar-refractivity contribution in [2.24, 2.45) is 0 Å². The van der Waals surface area contributed by atoms with Gasteiger partial charge in [-0.2, -0.15) is 0 Å². The number of nitrogens with one attached hydrogen (secondary N) is 1. The van der Waals surface area contributed by atoms with E-state index in [1.807, 2.05) is 0 Å². The molecule has 2 N–H and O–H groups in total. The SMILES string of the molecule is OC1(C2NCc3ccccc32)CCCCc2ccccc21. The summed E-state index contributed by atoms with van der Waals surface area (Å²) in [5, 5.41) is 15.1. The quantitative estimate of drug-likeness (QED) is 0.784. The summed E-state index contributed by atoms with van der Waals surface area (Å²) < 4.78 is 0. The minimum Gasteiger partial charge on any atom is -0.383 e. The van der Waals surface area contributed by atoms with Gasteiger partial charge in [0, 0.05) is 6.54 Å². The molecule has 0 bridgehead atoms.